The molecule has 0 aliphatic carbocycles. The Hall–Kier alpha value is -2.22. The van der Waals surface area contributed by atoms with E-state index in [1.807, 2.05) is 6.08 Å². The molecular formula is C23H24N4S3. The van der Waals surface area contributed by atoms with E-state index in [9.17, 15) is 0 Å². The number of allylic oxidation sites excluding steroid dienone is 1. The Morgan fingerprint density at radius 1 is 1.10 bits per heavy atom. The number of nitrogens with zero attached hydrogens (tertiary/aromatic N) is 4. The molecule has 30 heavy (non-hydrogen) atoms. The summed E-state index contributed by atoms with van der Waals surface area (Å²) in [6, 6.07) is 8.51. The third kappa shape index (κ3) is 4.29. The maximum absolute atomic E-state index is 4.82. The molecule has 0 saturated heterocycles. The van der Waals surface area contributed by atoms with Gasteiger partial charge in [0.1, 0.15) is 5.01 Å². The number of rotatable bonds is 8. The lowest BCUT2D eigenvalue weighted by Gasteiger charge is -2.08. The maximum Gasteiger partial charge on any atom is 0.192 e. The van der Waals surface area contributed by atoms with E-state index in [0.717, 1.165) is 33.9 Å². The van der Waals surface area contributed by atoms with Crippen LogP contribution in [0.2, 0.25) is 0 Å². The molecule has 7 heteroatoms. The quantitative estimate of drug-likeness (QED) is 0.218. The van der Waals surface area contributed by atoms with Crippen LogP contribution in [0.5, 0.6) is 0 Å². The molecule has 0 fully saturated rings. The Labute approximate surface area is 189 Å². The Bertz CT molecular complexity index is 1150. The van der Waals surface area contributed by atoms with Crippen LogP contribution in [0, 0.1) is 13.8 Å². The highest BCUT2D eigenvalue weighted by atomic mass is 32.2. The van der Waals surface area contributed by atoms with Crippen LogP contribution in [0.1, 0.15) is 28.6 Å². The van der Waals surface area contributed by atoms with Crippen molar-refractivity contribution in [2.24, 2.45) is 0 Å². The van der Waals surface area contributed by atoms with Gasteiger partial charge in [-0.15, -0.1) is 39.4 Å². The number of aromatic nitrogens is 4. The van der Waals surface area contributed by atoms with E-state index >= 15 is 0 Å². The zero-order valence-corrected chi connectivity index (χ0v) is 19.8. The van der Waals surface area contributed by atoms with Gasteiger partial charge in [-0.25, -0.2) is 4.98 Å². The average molecular weight is 453 g/mol. The van der Waals surface area contributed by atoms with E-state index in [2.05, 4.69) is 77.1 Å². The molecule has 4 nitrogen and oxygen atoms in total. The van der Waals surface area contributed by atoms with Crippen molar-refractivity contribution < 1.29 is 0 Å². The standard InChI is InChI=1S/C23H24N4S3/c1-5-11-27-21(20-14-28-16(4)19(20)6-2)25-26-23(27)30-13-18-12-29-22(24-18)17-9-7-15(3)8-10-17/h5,7-10,12,14H,1,6,11,13H2,2-4H3. The molecule has 4 aromatic rings. The first-order chi connectivity index (χ1) is 14.6. The molecule has 0 radical (unpaired) electrons. The Kier molecular flexibility index (Phi) is 6.51. The van der Waals surface area contributed by atoms with E-state index in [1.54, 1.807) is 34.4 Å². The number of hydrogen-bond acceptors (Lipinski definition) is 6. The molecule has 0 saturated carbocycles. The first kappa shape index (κ1) is 21.0. The number of thiazole rings is 1. The van der Waals surface area contributed by atoms with Crippen molar-refractivity contribution in [2.45, 2.75) is 44.6 Å². The first-order valence-electron chi connectivity index (χ1n) is 9.86. The van der Waals surface area contributed by atoms with Crippen molar-refractivity contribution in [3.63, 3.8) is 0 Å². The van der Waals surface area contributed by atoms with Gasteiger partial charge in [-0.05, 0) is 25.8 Å². The zero-order valence-electron chi connectivity index (χ0n) is 17.4. The smallest absolute Gasteiger partial charge is 0.192 e. The minimum Gasteiger partial charge on any atom is -0.298 e. The van der Waals surface area contributed by atoms with E-state index in [0.29, 0.717) is 6.54 Å². The molecule has 0 N–H and O–H groups in total. The highest BCUT2D eigenvalue weighted by Gasteiger charge is 2.18. The van der Waals surface area contributed by atoms with Gasteiger partial charge in [0.15, 0.2) is 11.0 Å². The van der Waals surface area contributed by atoms with Crippen molar-refractivity contribution in [1.82, 2.24) is 19.7 Å². The van der Waals surface area contributed by atoms with E-state index < -0.39 is 0 Å². The molecule has 0 spiro atoms. The van der Waals surface area contributed by atoms with Crippen molar-refractivity contribution in [1.29, 1.82) is 0 Å². The van der Waals surface area contributed by atoms with Gasteiger partial charge >= 0.3 is 0 Å². The molecule has 0 bridgehead atoms. The van der Waals surface area contributed by atoms with Crippen molar-refractivity contribution in [2.75, 3.05) is 0 Å². The molecule has 0 aliphatic rings. The number of hydrogen-bond donors (Lipinski definition) is 0. The Morgan fingerprint density at radius 3 is 2.63 bits per heavy atom. The SMILES string of the molecule is C=CCn1c(SCc2csc(-c3ccc(C)cc3)n2)nnc1-c1csc(C)c1CC. The molecule has 154 valence electrons. The van der Waals surface area contributed by atoms with Crippen molar-refractivity contribution in [3.8, 4) is 22.0 Å². The van der Waals surface area contributed by atoms with Crippen LogP contribution in [-0.2, 0) is 18.7 Å². The number of thiophene rings is 1. The fourth-order valence-electron chi connectivity index (χ4n) is 3.34. The second-order valence-electron chi connectivity index (χ2n) is 7.04. The van der Waals surface area contributed by atoms with Gasteiger partial charge in [0.25, 0.3) is 0 Å². The Balaban J connectivity index is 1.55. The third-order valence-electron chi connectivity index (χ3n) is 4.93. The first-order valence-corrected chi connectivity index (χ1v) is 12.6. The van der Waals surface area contributed by atoms with Gasteiger partial charge in [0, 0.05) is 39.1 Å². The van der Waals surface area contributed by atoms with Crippen LogP contribution in [-0.4, -0.2) is 19.7 Å². The average Bonchev–Trinajstić information content (AvgIpc) is 3.46. The van der Waals surface area contributed by atoms with Crippen LogP contribution < -0.4 is 0 Å². The summed E-state index contributed by atoms with van der Waals surface area (Å²) in [4.78, 5) is 6.17. The monoisotopic (exact) mass is 452 g/mol. The number of benzene rings is 1. The minimum absolute atomic E-state index is 0.689. The predicted molar refractivity (Wildman–Crippen MR) is 129 cm³/mol. The fraction of sp³-hybridized carbons (Fsp3) is 0.261. The van der Waals surface area contributed by atoms with Crippen LogP contribution >= 0.6 is 34.4 Å². The van der Waals surface area contributed by atoms with E-state index in [-0.39, 0.29) is 0 Å². The summed E-state index contributed by atoms with van der Waals surface area (Å²) in [6.45, 7) is 11.1. The van der Waals surface area contributed by atoms with Gasteiger partial charge in [0.2, 0.25) is 0 Å². The number of thioether (sulfide) groups is 1. The largest absolute Gasteiger partial charge is 0.298 e. The van der Waals surface area contributed by atoms with Gasteiger partial charge in [-0.3, -0.25) is 4.57 Å². The van der Waals surface area contributed by atoms with Crippen LogP contribution in [0.4, 0.5) is 0 Å². The van der Waals surface area contributed by atoms with Gasteiger partial charge in [0.05, 0.1) is 5.69 Å². The maximum atomic E-state index is 4.82. The van der Waals surface area contributed by atoms with Crippen molar-refractivity contribution in [3.05, 3.63) is 69.4 Å². The van der Waals surface area contributed by atoms with Gasteiger partial charge < -0.3 is 0 Å². The molecule has 3 aromatic heterocycles. The zero-order chi connectivity index (χ0) is 21.1. The molecule has 0 aliphatic heterocycles. The Morgan fingerprint density at radius 2 is 1.90 bits per heavy atom. The summed E-state index contributed by atoms with van der Waals surface area (Å²) in [5, 5.41) is 15.3. The van der Waals surface area contributed by atoms with Gasteiger partial charge in [-0.2, -0.15) is 0 Å². The second-order valence-corrected chi connectivity index (χ2v) is 9.93. The summed E-state index contributed by atoms with van der Waals surface area (Å²) in [5.41, 5.74) is 6.04. The summed E-state index contributed by atoms with van der Waals surface area (Å²) < 4.78 is 2.16. The summed E-state index contributed by atoms with van der Waals surface area (Å²) in [7, 11) is 0. The minimum atomic E-state index is 0.689. The third-order valence-corrected chi connectivity index (χ3v) is 7.82. The van der Waals surface area contributed by atoms with Crippen molar-refractivity contribution >= 4 is 34.4 Å². The summed E-state index contributed by atoms with van der Waals surface area (Å²) in [5.74, 6) is 1.69. The molecule has 4 rings (SSSR count). The van der Waals surface area contributed by atoms with Gasteiger partial charge in [-0.1, -0.05) is 54.6 Å². The van der Waals surface area contributed by atoms with E-state index in [4.69, 9.17) is 4.98 Å². The lowest BCUT2D eigenvalue weighted by atomic mass is 10.1. The van der Waals surface area contributed by atoms with Crippen LogP contribution in [0.15, 0.2) is 52.8 Å². The molecule has 3 heterocycles. The molecule has 0 atom stereocenters. The van der Waals surface area contributed by atoms with Crippen LogP contribution in [0.25, 0.3) is 22.0 Å². The van der Waals surface area contributed by atoms with E-state index in [1.165, 1.54) is 27.1 Å². The summed E-state index contributed by atoms with van der Waals surface area (Å²) in [6.07, 6.45) is 2.90. The number of aryl methyl sites for hydroxylation is 2. The topological polar surface area (TPSA) is 43.6 Å². The lowest BCUT2D eigenvalue weighted by molar-refractivity contribution is 0.730. The molecular weight excluding hydrogens is 428 g/mol. The highest BCUT2D eigenvalue weighted by Crippen LogP contribution is 2.34. The summed E-state index contributed by atoms with van der Waals surface area (Å²) >= 11 is 5.14. The molecule has 0 unspecified atom stereocenters. The van der Waals surface area contributed by atoms with Crippen LogP contribution in [0.3, 0.4) is 0 Å². The predicted octanol–water partition coefficient (Wildman–Crippen LogP) is 6.79. The highest BCUT2D eigenvalue weighted by molar-refractivity contribution is 7.98. The lowest BCUT2D eigenvalue weighted by Crippen LogP contribution is -2.01. The molecule has 0 amide bonds. The normalized spacial score (nSPS) is 11.2. The fourth-order valence-corrected chi connectivity index (χ4v) is 6.05. The second kappa shape index (κ2) is 9.29. The molecule has 1 aromatic carbocycles.